The van der Waals surface area contributed by atoms with Crippen LogP contribution in [0.5, 0.6) is 0 Å². The second-order valence-electron chi connectivity index (χ2n) is 4.36. The SMILES string of the molecule is Cc1cc(C(=O)OCc2cccc(F)c2Br)ccc1N. The van der Waals surface area contributed by atoms with E-state index in [0.29, 0.717) is 21.3 Å². The fourth-order valence-electron chi connectivity index (χ4n) is 1.69. The average Bonchev–Trinajstić information content (AvgIpc) is 2.43. The highest BCUT2D eigenvalue weighted by molar-refractivity contribution is 9.10. The Labute approximate surface area is 124 Å². The Kier molecular flexibility index (Phi) is 4.39. The Morgan fingerprint density at radius 2 is 2.10 bits per heavy atom. The number of nitrogen functional groups attached to an aromatic ring is 1. The van der Waals surface area contributed by atoms with Gasteiger partial charge in [-0.1, -0.05) is 12.1 Å². The summed E-state index contributed by atoms with van der Waals surface area (Å²) >= 11 is 3.12. The van der Waals surface area contributed by atoms with Crippen molar-refractivity contribution >= 4 is 27.6 Å². The molecule has 2 aromatic rings. The highest BCUT2D eigenvalue weighted by Gasteiger charge is 2.11. The molecule has 0 fully saturated rings. The number of hydrogen-bond donors (Lipinski definition) is 1. The van der Waals surface area contributed by atoms with Crippen LogP contribution in [0.1, 0.15) is 21.5 Å². The van der Waals surface area contributed by atoms with Crippen LogP contribution in [-0.4, -0.2) is 5.97 Å². The molecule has 2 aromatic carbocycles. The normalized spacial score (nSPS) is 10.3. The van der Waals surface area contributed by atoms with E-state index >= 15 is 0 Å². The smallest absolute Gasteiger partial charge is 0.338 e. The largest absolute Gasteiger partial charge is 0.457 e. The van der Waals surface area contributed by atoms with Crippen molar-refractivity contribution in [1.29, 1.82) is 0 Å². The predicted octanol–water partition coefficient (Wildman–Crippen LogP) is 3.84. The van der Waals surface area contributed by atoms with Gasteiger partial charge in [-0.15, -0.1) is 0 Å². The molecule has 0 spiro atoms. The van der Waals surface area contributed by atoms with Crippen molar-refractivity contribution in [3.63, 3.8) is 0 Å². The molecule has 0 saturated heterocycles. The summed E-state index contributed by atoms with van der Waals surface area (Å²) in [6.07, 6.45) is 0. The number of aryl methyl sites for hydroxylation is 1. The van der Waals surface area contributed by atoms with Crippen molar-refractivity contribution < 1.29 is 13.9 Å². The standard InChI is InChI=1S/C15H13BrFNO2/c1-9-7-10(5-6-13(9)18)15(19)20-8-11-3-2-4-12(17)14(11)16/h2-7H,8,18H2,1H3. The van der Waals surface area contributed by atoms with Gasteiger partial charge in [-0.3, -0.25) is 0 Å². The first kappa shape index (κ1) is 14.5. The summed E-state index contributed by atoms with van der Waals surface area (Å²) in [5.41, 5.74) is 8.12. The Morgan fingerprint density at radius 3 is 2.80 bits per heavy atom. The lowest BCUT2D eigenvalue weighted by molar-refractivity contribution is 0.0471. The van der Waals surface area contributed by atoms with Gasteiger partial charge in [0.25, 0.3) is 0 Å². The molecule has 0 aliphatic rings. The minimum Gasteiger partial charge on any atom is -0.457 e. The van der Waals surface area contributed by atoms with Gasteiger partial charge in [0, 0.05) is 11.3 Å². The number of ether oxygens (including phenoxy) is 1. The summed E-state index contributed by atoms with van der Waals surface area (Å²) in [6.45, 7) is 1.82. The van der Waals surface area contributed by atoms with Crippen LogP contribution in [0.3, 0.4) is 0 Å². The molecule has 2 rings (SSSR count). The molecule has 0 bridgehead atoms. The van der Waals surface area contributed by atoms with E-state index in [4.69, 9.17) is 10.5 Å². The molecule has 104 valence electrons. The van der Waals surface area contributed by atoms with E-state index in [0.717, 1.165) is 5.56 Å². The molecule has 0 saturated carbocycles. The summed E-state index contributed by atoms with van der Waals surface area (Å²) in [4.78, 5) is 11.9. The Morgan fingerprint density at radius 1 is 1.35 bits per heavy atom. The third kappa shape index (κ3) is 3.17. The quantitative estimate of drug-likeness (QED) is 0.683. The summed E-state index contributed by atoms with van der Waals surface area (Å²) in [5.74, 6) is -0.855. The first-order valence-corrected chi connectivity index (χ1v) is 6.74. The van der Waals surface area contributed by atoms with Crippen molar-refractivity contribution in [2.24, 2.45) is 0 Å². The maximum atomic E-state index is 13.3. The van der Waals surface area contributed by atoms with E-state index in [1.54, 1.807) is 30.3 Å². The molecular weight excluding hydrogens is 325 g/mol. The molecule has 5 heteroatoms. The van der Waals surface area contributed by atoms with E-state index in [1.807, 2.05) is 6.92 Å². The Bertz CT molecular complexity index is 658. The van der Waals surface area contributed by atoms with Gasteiger partial charge >= 0.3 is 5.97 Å². The lowest BCUT2D eigenvalue weighted by Crippen LogP contribution is -2.06. The fraction of sp³-hybridized carbons (Fsp3) is 0.133. The second-order valence-corrected chi connectivity index (χ2v) is 5.15. The highest BCUT2D eigenvalue weighted by atomic mass is 79.9. The van der Waals surface area contributed by atoms with Gasteiger partial charge in [0.1, 0.15) is 12.4 Å². The van der Waals surface area contributed by atoms with Crippen LogP contribution < -0.4 is 5.73 Å². The van der Waals surface area contributed by atoms with Gasteiger partial charge in [0.15, 0.2) is 0 Å². The van der Waals surface area contributed by atoms with E-state index < -0.39 is 5.97 Å². The van der Waals surface area contributed by atoms with Crippen molar-refractivity contribution in [2.75, 3.05) is 5.73 Å². The maximum absolute atomic E-state index is 13.3. The molecule has 0 atom stereocenters. The lowest BCUT2D eigenvalue weighted by atomic mass is 10.1. The number of nitrogens with two attached hydrogens (primary N) is 1. The molecular formula is C15H13BrFNO2. The minimum absolute atomic E-state index is 0.000596. The second kappa shape index (κ2) is 6.05. The summed E-state index contributed by atoms with van der Waals surface area (Å²) < 4.78 is 18.8. The summed E-state index contributed by atoms with van der Waals surface area (Å²) in [7, 11) is 0. The lowest BCUT2D eigenvalue weighted by Gasteiger charge is -2.08. The van der Waals surface area contributed by atoms with Gasteiger partial charge in [0.2, 0.25) is 0 Å². The van der Waals surface area contributed by atoms with Gasteiger partial charge in [0.05, 0.1) is 10.0 Å². The van der Waals surface area contributed by atoms with E-state index in [-0.39, 0.29) is 12.4 Å². The number of rotatable bonds is 3. The molecule has 20 heavy (non-hydrogen) atoms. The molecule has 0 heterocycles. The molecule has 0 aromatic heterocycles. The molecule has 0 radical (unpaired) electrons. The van der Waals surface area contributed by atoms with Crippen molar-refractivity contribution in [2.45, 2.75) is 13.5 Å². The van der Waals surface area contributed by atoms with Crippen LogP contribution in [0, 0.1) is 12.7 Å². The average molecular weight is 338 g/mol. The monoisotopic (exact) mass is 337 g/mol. The zero-order valence-corrected chi connectivity index (χ0v) is 12.4. The first-order chi connectivity index (χ1) is 9.49. The topological polar surface area (TPSA) is 52.3 Å². The van der Waals surface area contributed by atoms with E-state index in [9.17, 15) is 9.18 Å². The number of carbonyl (C=O) groups excluding carboxylic acids is 1. The number of carbonyl (C=O) groups is 1. The third-order valence-electron chi connectivity index (χ3n) is 2.90. The van der Waals surface area contributed by atoms with Crippen molar-refractivity contribution in [3.8, 4) is 0 Å². The molecule has 0 aliphatic heterocycles. The molecule has 3 nitrogen and oxygen atoms in total. The van der Waals surface area contributed by atoms with E-state index in [1.165, 1.54) is 6.07 Å². The number of benzene rings is 2. The maximum Gasteiger partial charge on any atom is 0.338 e. The number of hydrogen-bond acceptors (Lipinski definition) is 3. The summed E-state index contributed by atoms with van der Waals surface area (Å²) in [6, 6.07) is 9.51. The zero-order chi connectivity index (χ0) is 14.7. The Balaban J connectivity index is 2.08. The van der Waals surface area contributed by atoms with Crippen LogP contribution >= 0.6 is 15.9 Å². The highest BCUT2D eigenvalue weighted by Crippen LogP contribution is 2.21. The number of halogens is 2. The molecule has 2 N–H and O–H groups in total. The fourth-order valence-corrected chi connectivity index (χ4v) is 2.07. The van der Waals surface area contributed by atoms with Crippen LogP contribution in [0.2, 0.25) is 0 Å². The van der Waals surface area contributed by atoms with E-state index in [2.05, 4.69) is 15.9 Å². The van der Waals surface area contributed by atoms with Crippen LogP contribution in [-0.2, 0) is 11.3 Å². The molecule has 0 unspecified atom stereocenters. The first-order valence-electron chi connectivity index (χ1n) is 5.95. The van der Waals surface area contributed by atoms with Gasteiger partial charge in [-0.05, 0) is 52.7 Å². The minimum atomic E-state index is -0.468. The van der Waals surface area contributed by atoms with Crippen LogP contribution in [0.15, 0.2) is 40.9 Å². The van der Waals surface area contributed by atoms with Crippen LogP contribution in [0.4, 0.5) is 10.1 Å². The molecule has 0 aliphatic carbocycles. The Hall–Kier alpha value is -1.88. The third-order valence-corrected chi connectivity index (χ3v) is 3.78. The number of anilines is 1. The zero-order valence-electron chi connectivity index (χ0n) is 10.8. The number of esters is 1. The van der Waals surface area contributed by atoms with Crippen molar-refractivity contribution in [3.05, 3.63) is 63.4 Å². The van der Waals surface area contributed by atoms with Crippen molar-refractivity contribution in [1.82, 2.24) is 0 Å². The van der Waals surface area contributed by atoms with Crippen LogP contribution in [0.25, 0.3) is 0 Å². The summed E-state index contributed by atoms with van der Waals surface area (Å²) in [5, 5.41) is 0. The van der Waals surface area contributed by atoms with Gasteiger partial charge in [-0.25, -0.2) is 9.18 Å². The predicted molar refractivity (Wildman–Crippen MR) is 78.8 cm³/mol. The molecule has 0 amide bonds. The van der Waals surface area contributed by atoms with Gasteiger partial charge in [-0.2, -0.15) is 0 Å². The van der Waals surface area contributed by atoms with Gasteiger partial charge < -0.3 is 10.5 Å².